The van der Waals surface area contributed by atoms with Crippen molar-refractivity contribution in [3.05, 3.63) is 24.3 Å². The topological polar surface area (TPSA) is 67.6 Å². The predicted molar refractivity (Wildman–Crippen MR) is 76.1 cm³/mol. The maximum Gasteiger partial charge on any atom is 0.322 e. The molecule has 0 spiro atoms. The molecule has 5 heteroatoms. The van der Waals surface area contributed by atoms with Gasteiger partial charge in [-0.05, 0) is 31.5 Å². The number of nitrogen functional groups attached to an aromatic ring is 1. The van der Waals surface area contributed by atoms with Gasteiger partial charge in [0.25, 0.3) is 0 Å². The zero-order valence-corrected chi connectivity index (χ0v) is 11.4. The summed E-state index contributed by atoms with van der Waals surface area (Å²) in [6.07, 6.45) is 0.964. The van der Waals surface area contributed by atoms with Crippen LogP contribution >= 0.6 is 0 Å². The van der Waals surface area contributed by atoms with Gasteiger partial charge in [-0.2, -0.15) is 0 Å². The fourth-order valence-corrected chi connectivity index (χ4v) is 2.24. The van der Waals surface area contributed by atoms with Crippen LogP contribution in [0, 0.1) is 0 Å². The highest BCUT2D eigenvalue weighted by molar-refractivity contribution is 5.90. The zero-order chi connectivity index (χ0) is 13.8. The standard InChI is InChI=1S/C14H21N3O2/c1-3-13-9-19-10(2)8-17(13)14(18)16-12-6-4-5-11(15)7-12/h4-7,10,13H,3,8-9,15H2,1-2H3,(H,16,18). The molecule has 1 aromatic rings. The van der Waals surface area contributed by atoms with E-state index in [-0.39, 0.29) is 18.2 Å². The number of hydrogen-bond acceptors (Lipinski definition) is 3. The minimum atomic E-state index is -0.0902. The summed E-state index contributed by atoms with van der Waals surface area (Å²) in [6.45, 7) is 5.26. The molecule has 1 aliphatic rings. The number of amides is 2. The Morgan fingerprint density at radius 2 is 2.37 bits per heavy atom. The Bertz CT molecular complexity index is 450. The van der Waals surface area contributed by atoms with Gasteiger partial charge in [0.2, 0.25) is 0 Å². The molecule has 104 valence electrons. The monoisotopic (exact) mass is 263 g/mol. The number of urea groups is 1. The number of anilines is 2. The van der Waals surface area contributed by atoms with Crippen LogP contribution in [0.15, 0.2) is 24.3 Å². The van der Waals surface area contributed by atoms with E-state index in [0.717, 1.165) is 12.1 Å². The van der Waals surface area contributed by atoms with Crippen LogP contribution in [0.5, 0.6) is 0 Å². The summed E-state index contributed by atoms with van der Waals surface area (Å²) in [7, 11) is 0. The van der Waals surface area contributed by atoms with Crippen LogP contribution < -0.4 is 11.1 Å². The van der Waals surface area contributed by atoms with Gasteiger partial charge in [0.05, 0.1) is 18.8 Å². The van der Waals surface area contributed by atoms with Gasteiger partial charge in [0, 0.05) is 17.9 Å². The molecule has 1 heterocycles. The molecule has 19 heavy (non-hydrogen) atoms. The molecule has 0 aromatic heterocycles. The van der Waals surface area contributed by atoms with Gasteiger partial charge in [-0.15, -0.1) is 0 Å². The third-order valence-corrected chi connectivity index (χ3v) is 3.34. The summed E-state index contributed by atoms with van der Waals surface area (Å²) in [5.74, 6) is 0. The molecule has 1 aliphatic heterocycles. The van der Waals surface area contributed by atoms with Gasteiger partial charge in [-0.3, -0.25) is 0 Å². The molecule has 2 unspecified atom stereocenters. The van der Waals surface area contributed by atoms with Crippen molar-refractivity contribution in [2.45, 2.75) is 32.4 Å². The lowest BCUT2D eigenvalue weighted by atomic mass is 10.1. The smallest absolute Gasteiger partial charge is 0.322 e. The average Bonchev–Trinajstić information content (AvgIpc) is 2.38. The van der Waals surface area contributed by atoms with Gasteiger partial charge >= 0.3 is 6.03 Å². The van der Waals surface area contributed by atoms with Crippen molar-refractivity contribution in [3.8, 4) is 0 Å². The van der Waals surface area contributed by atoms with E-state index in [9.17, 15) is 4.79 Å². The van der Waals surface area contributed by atoms with Crippen molar-refractivity contribution >= 4 is 17.4 Å². The third-order valence-electron chi connectivity index (χ3n) is 3.34. The van der Waals surface area contributed by atoms with Crippen molar-refractivity contribution in [3.63, 3.8) is 0 Å². The van der Waals surface area contributed by atoms with Crippen molar-refractivity contribution < 1.29 is 9.53 Å². The number of carbonyl (C=O) groups excluding carboxylic acids is 1. The molecule has 1 saturated heterocycles. The molecule has 5 nitrogen and oxygen atoms in total. The molecule has 3 N–H and O–H groups in total. The molecular formula is C14H21N3O2. The SMILES string of the molecule is CCC1COC(C)CN1C(=O)Nc1cccc(N)c1. The second kappa shape index (κ2) is 5.93. The van der Waals surface area contributed by atoms with Crippen LogP contribution in [0.3, 0.4) is 0 Å². The van der Waals surface area contributed by atoms with Crippen LogP contribution in [-0.2, 0) is 4.74 Å². The number of nitrogens with zero attached hydrogens (tertiary/aromatic N) is 1. The highest BCUT2D eigenvalue weighted by Crippen LogP contribution is 2.17. The maximum atomic E-state index is 12.3. The highest BCUT2D eigenvalue weighted by Gasteiger charge is 2.29. The Balaban J connectivity index is 2.05. The first-order valence-electron chi connectivity index (χ1n) is 6.65. The van der Waals surface area contributed by atoms with E-state index < -0.39 is 0 Å². The second-order valence-corrected chi connectivity index (χ2v) is 4.91. The van der Waals surface area contributed by atoms with Gasteiger partial charge in [0.1, 0.15) is 0 Å². The summed E-state index contributed by atoms with van der Waals surface area (Å²) >= 11 is 0. The van der Waals surface area contributed by atoms with E-state index >= 15 is 0 Å². The number of nitrogens with one attached hydrogen (secondary N) is 1. The Morgan fingerprint density at radius 3 is 3.05 bits per heavy atom. The van der Waals surface area contributed by atoms with E-state index in [4.69, 9.17) is 10.5 Å². The highest BCUT2D eigenvalue weighted by atomic mass is 16.5. The molecule has 1 aromatic carbocycles. The lowest BCUT2D eigenvalue weighted by molar-refractivity contribution is -0.0357. The number of morpholine rings is 1. The van der Waals surface area contributed by atoms with Gasteiger partial charge in [-0.25, -0.2) is 4.79 Å². The van der Waals surface area contributed by atoms with Crippen LogP contribution in [0.4, 0.5) is 16.2 Å². The molecule has 0 saturated carbocycles. The summed E-state index contributed by atoms with van der Waals surface area (Å²) in [5.41, 5.74) is 7.06. The Morgan fingerprint density at radius 1 is 1.58 bits per heavy atom. The van der Waals surface area contributed by atoms with Crippen LogP contribution in [0.25, 0.3) is 0 Å². The van der Waals surface area contributed by atoms with Crippen molar-refractivity contribution in [1.29, 1.82) is 0 Å². The quantitative estimate of drug-likeness (QED) is 0.804. The fraction of sp³-hybridized carbons (Fsp3) is 0.500. The zero-order valence-electron chi connectivity index (χ0n) is 11.4. The number of rotatable bonds is 2. The third kappa shape index (κ3) is 3.38. The Kier molecular flexibility index (Phi) is 4.27. The minimum Gasteiger partial charge on any atom is -0.399 e. The molecule has 0 aliphatic carbocycles. The molecule has 2 atom stereocenters. The van der Waals surface area contributed by atoms with Gasteiger partial charge < -0.3 is 20.7 Å². The summed E-state index contributed by atoms with van der Waals surface area (Å²) in [5, 5.41) is 2.89. The van der Waals surface area contributed by atoms with Crippen LogP contribution in [0.1, 0.15) is 20.3 Å². The van der Waals surface area contributed by atoms with Gasteiger partial charge in [-0.1, -0.05) is 13.0 Å². The number of hydrogen-bond donors (Lipinski definition) is 2. The number of benzene rings is 1. The van der Waals surface area contributed by atoms with Gasteiger partial charge in [0.15, 0.2) is 0 Å². The molecule has 2 rings (SSSR count). The van der Waals surface area contributed by atoms with Crippen LogP contribution in [0.2, 0.25) is 0 Å². The van der Waals surface area contributed by atoms with Crippen molar-refractivity contribution in [2.24, 2.45) is 0 Å². The molecular weight excluding hydrogens is 242 g/mol. The molecule has 0 radical (unpaired) electrons. The number of nitrogens with two attached hydrogens (primary N) is 1. The lowest BCUT2D eigenvalue weighted by Gasteiger charge is -2.38. The first-order valence-corrected chi connectivity index (χ1v) is 6.65. The predicted octanol–water partition coefficient (Wildman–Crippen LogP) is 2.30. The maximum absolute atomic E-state index is 12.3. The van der Waals surface area contributed by atoms with E-state index in [1.54, 1.807) is 12.1 Å². The van der Waals surface area contributed by atoms with Crippen molar-refractivity contribution in [1.82, 2.24) is 4.90 Å². The largest absolute Gasteiger partial charge is 0.399 e. The second-order valence-electron chi connectivity index (χ2n) is 4.91. The fourth-order valence-electron chi connectivity index (χ4n) is 2.24. The summed E-state index contributed by atoms with van der Waals surface area (Å²) < 4.78 is 5.59. The molecule has 2 amide bonds. The minimum absolute atomic E-state index is 0.0781. The van der Waals surface area contributed by atoms with E-state index in [1.807, 2.05) is 24.0 Å². The van der Waals surface area contributed by atoms with Crippen LogP contribution in [-0.4, -0.2) is 36.2 Å². The first-order chi connectivity index (χ1) is 9.10. The number of carbonyl (C=O) groups is 1. The first kappa shape index (κ1) is 13.7. The molecule has 0 bridgehead atoms. The number of ether oxygens (including phenoxy) is 1. The van der Waals surface area contributed by atoms with Crippen molar-refractivity contribution in [2.75, 3.05) is 24.2 Å². The summed E-state index contributed by atoms with van der Waals surface area (Å²) in [6, 6.07) is 7.25. The van der Waals surface area contributed by atoms with E-state index in [0.29, 0.717) is 18.8 Å². The Labute approximate surface area is 113 Å². The van der Waals surface area contributed by atoms with E-state index in [1.165, 1.54) is 0 Å². The lowest BCUT2D eigenvalue weighted by Crippen LogP contribution is -2.52. The summed E-state index contributed by atoms with van der Waals surface area (Å²) in [4.78, 5) is 14.2. The molecule has 1 fully saturated rings. The normalized spacial score (nSPS) is 23.2. The Hall–Kier alpha value is -1.75. The van der Waals surface area contributed by atoms with E-state index in [2.05, 4.69) is 12.2 Å². The average molecular weight is 263 g/mol.